The summed E-state index contributed by atoms with van der Waals surface area (Å²) in [5, 5.41) is 13.0. The average molecular weight is 316 g/mol. The number of nitrogens with one attached hydrogen (secondary N) is 1. The monoisotopic (exact) mass is 316 g/mol. The molecule has 1 aromatic carbocycles. The van der Waals surface area contributed by atoms with Gasteiger partial charge in [0.05, 0.1) is 6.04 Å². The van der Waals surface area contributed by atoms with Gasteiger partial charge in [-0.1, -0.05) is 12.1 Å². The first-order valence-corrected chi connectivity index (χ1v) is 8.58. The highest BCUT2D eigenvalue weighted by Gasteiger charge is 2.14. The number of hydrogen-bond acceptors (Lipinski definition) is 6. The lowest BCUT2D eigenvalue weighted by Crippen LogP contribution is -2.33. The van der Waals surface area contributed by atoms with E-state index in [1.54, 1.807) is 18.5 Å². The molecule has 1 atom stereocenters. The van der Waals surface area contributed by atoms with Gasteiger partial charge in [0.2, 0.25) is 0 Å². The Morgan fingerprint density at radius 3 is 2.82 bits per heavy atom. The molecule has 1 unspecified atom stereocenters. The molecule has 0 saturated carbocycles. The predicted molar refractivity (Wildman–Crippen MR) is 91.7 cm³/mol. The highest BCUT2D eigenvalue weighted by atomic mass is 32.2. The molecule has 3 rings (SSSR count). The highest BCUT2D eigenvalue weighted by Crippen LogP contribution is 2.23. The molecular formula is C16H20N4OS. The van der Waals surface area contributed by atoms with Crippen molar-refractivity contribution in [3.05, 3.63) is 42.2 Å². The Balaban J connectivity index is 1.72. The van der Waals surface area contributed by atoms with Crippen LogP contribution in [0.2, 0.25) is 0 Å². The van der Waals surface area contributed by atoms with Crippen LogP contribution in [0.3, 0.4) is 0 Å². The van der Waals surface area contributed by atoms with Crippen LogP contribution in [0.4, 0.5) is 11.6 Å². The van der Waals surface area contributed by atoms with Gasteiger partial charge in [0, 0.05) is 30.7 Å². The van der Waals surface area contributed by atoms with Gasteiger partial charge in [-0.2, -0.15) is 11.8 Å². The Labute approximate surface area is 134 Å². The third-order valence-corrected chi connectivity index (χ3v) is 4.66. The summed E-state index contributed by atoms with van der Waals surface area (Å²) in [4.78, 5) is 11.0. The third-order valence-electron chi connectivity index (χ3n) is 3.72. The number of nitrogens with zero attached hydrogens (tertiary/aromatic N) is 3. The minimum absolute atomic E-state index is 0.0618. The molecule has 116 valence electrons. The van der Waals surface area contributed by atoms with E-state index in [0.29, 0.717) is 0 Å². The van der Waals surface area contributed by atoms with Crippen LogP contribution in [-0.2, 0) is 0 Å². The maximum atomic E-state index is 9.58. The summed E-state index contributed by atoms with van der Waals surface area (Å²) in [5.74, 6) is 4.35. The standard InChI is InChI=1S/C16H20N4OS/c1-12(13-3-2-4-14(21)9-13)19-15-10-16(18-11-17-15)20-5-7-22-8-6-20/h2-4,9-12,21H,5-8H2,1H3,(H,17,18,19). The maximum Gasteiger partial charge on any atom is 0.134 e. The van der Waals surface area contributed by atoms with E-state index in [-0.39, 0.29) is 11.8 Å². The summed E-state index contributed by atoms with van der Waals surface area (Å²) in [7, 11) is 0. The van der Waals surface area contributed by atoms with E-state index < -0.39 is 0 Å². The number of rotatable bonds is 4. The average Bonchev–Trinajstić information content (AvgIpc) is 2.56. The Bertz CT molecular complexity index is 631. The smallest absolute Gasteiger partial charge is 0.134 e. The summed E-state index contributed by atoms with van der Waals surface area (Å²) in [5.41, 5.74) is 1.02. The summed E-state index contributed by atoms with van der Waals surface area (Å²) in [6.07, 6.45) is 1.61. The molecule has 6 heteroatoms. The number of benzene rings is 1. The van der Waals surface area contributed by atoms with Crippen molar-refractivity contribution < 1.29 is 5.11 Å². The highest BCUT2D eigenvalue weighted by molar-refractivity contribution is 7.99. The van der Waals surface area contributed by atoms with E-state index in [4.69, 9.17) is 0 Å². The summed E-state index contributed by atoms with van der Waals surface area (Å²) in [6.45, 7) is 4.11. The molecule has 0 spiro atoms. The topological polar surface area (TPSA) is 61.3 Å². The van der Waals surface area contributed by atoms with Crippen LogP contribution in [0, 0.1) is 0 Å². The minimum Gasteiger partial charge on any atom is -0.508 e. The molecule has 0 aliphatic carbocycles. The summed E-state index contributed by atoms with van der Waals surface area (Å²) >= 11 is 1.98. The van der Waals surface area contributed by atoms with Crippen LogP contribution in [0.5, 0.6) is 5.75 Å². The molecule has 5 nitrogen and oxygen atoms in total. The van der Waals surface area contributed by atoms with Crippen molar-refractivity contribution >= 4 is 23.4 Å². The first-order valence-electron chi connectivity index (χ1n) is 7.42. The van der Waals surface area contributed by atoms with E-state index >= 15 is 0 Å². The van der Waals surface area contributed by atoms with Gasteiger partial charge in [-0.3, -0.25) is 0 Å². The molecule has 1 fully saturated rings. The number of aromatic nitrogens is 2. The number of hydrogen-bond donors (Lipinski definition) is 2. The van der Waals surface area contributed by atoms with Crippen molar-refractivity contribution in [1.29, 1.82) is 0 Å². The van der Waals surface area contributed by atoms with Gasteiger partial charge in [0.25, 0.3) is 0 Å². The molecule has 2 N–H and O–H groups in total. The second kappa shape index (κ2) is 6.87. The maximum absolute atomic E-state index is 9.58. The van der Waals surface area contributed by atoms with Crippen molar-refractivity contribution in [2.24, 2.45) is 0 Å². The first-order chi connectivity index (χ1) is 10.7. The van der Waals surface area contributed by atoms with Crippen molar-refractivity contribution in [2.75, 3.05) is 34.8 Å². The van der Waals surface area contributed by atoms with Crippen LogP contribution >= 0.6 is 11.8 Å². The Hall–Kier alpha value is -1.95. The third kappa shape index (κ3) is 3.62. The normalized spacial score (nSPS) is 16.3. The molecule has 1 aliphatic heterocycles. The van der Waals surface area contributed by atoms with Crippen molar-refractivity contribution in [2.45, 2.75) is 13.0 Å². The number of anilines is 2. The molecule has 0 amide bonds. The second-order valence-corrected chi connectivity index (χ2v) is 6.55. The van der Waals surface area contributed by atoms with Gasteiger partial charge in [0.15, 0.2) is 0 Å². The fourth-order valence-corrected chi connectivity index (χ4v) is 3.39. The van der Waals surface area contributed by atoms with Crippen molar-refractivity contribution in [3.8, 4) is 5.75 Å². The van der Waals surface area contributed by atoms with Crippen LogP contribution < -0.4 is 10.2 Å². The van der Waals surface area contributed by atoms with Gasteiger partial charge in [-0.25, -0.2) is 9.97 Å². The number of phenolic OH excluding ortho intramolecular Hbond substituents is 1. The molecule has 2 aromatic rings. The van der Waals surface area contributed by atoms with Gasteiger partial charge in [-0.05, 0) is 24.6 Å². The molecule has 2 heterocycles. The zero-order valence-electron chi connectivity index (χ0n) is 12.6. The molecule has 1 saturated heterocycles. The van der Waals surface area contributed by atoms with Crippen LogP contribution in [0.1, 0.15) is 18.5 Å². The summed E-state index contributed by atoms with van der Waals surface area (Å²) in [6, 6.07) is 9.33. The van der Waals surface area contributed by atoms with Crippen LogP contribution in [0.15, 0.2) is 36.7 Å². The van der Waals surface area contributed by atoms with Gasteiger partial charge in [0.1, 0.15) is 23.7 Å². The molecular weight excluding hydrogens is 296 g/mol. The van der Waals surface area contributed by atoms with E-state index in [1.807, 2.05) is 36.9 Å². The Kier molecular flexibility index (Phi) is 4.68. The van der Waals surface area contributed by atoms with E-state index in [9.17, 15) is 5.11 Å². The lowest BCUT2D eigenvalue weighted by Gasteiger charge is -2.27. The Morgan fingerprint density at radius 1 is 1.23 bits per heavy atom. The van der Waals surface area contributed by atoms with E-state index in [0.717, 1.165) is 41.8 Å². The number of aromatic hydroxyl groups is 1. The number of phenols is 1. The first kappa shape index (κ1) is 15.0. The second-order valence-electron chi connectivity index (χ2n) is 5.32. The SMILES string of the molecule is CC(Nc1cc(N2CCSCC2)ncn1)c1cccc(O)c1. The lowest BCUT2D eigenvalue weighted by molar-refractivity contribution is 0.474. The fourth-order valence-electron chi connectivity index (χ4n) is 2.49. The molecule has 0 bridgehead atoms. The van der Waals surface area contributed by atoms with Crippen molar-refractivity contribution in [1.82, 2.24) is 9.97 Å². The quantitative estimate of drug-likeness (QED) is 0.904. The zero-order chi connectivity index (χ0) is 15.4. The molecule has 1 aliphatic rings. The predicted octanol–water partition coefficient (Wildman–Crippen LogP) is 2.91. The van der Waals surface area contributed by atoms with Gasteiger partial charge < -0.3 is 15.3 Å². The lowest BCUT2D eigenvalue weighted by atomic mass is 10.1. The molecule has 1 aromatic heterocycles. The van der Waals surface area contributed by atoms with Crippen LogP contribution in [0.25, 0.3) is 0 Å². The van der Waals surface area contributed by atoms with Crippen molar-refractivity contribution in [3.63, 3.8) is 0 Å². The number of thioether (sulfide) groups is 1. The minimum atomic E-state index is 0.0618. The van der Waals surface area contributed by atoms with E-state index in [1.165, 1.54) is 0 Å². The van der Waals surface area contributed by atoms with Gasteiger partial charge >= 0.3 is 0 Å². The van der Waals surface area contributed by atoms with Crippen LogP contribution in [-0.4, -0.2) is 39.7 Å². The molecule has 0 radical (unpaired) electrons. The Morgan fingerprint density at radius 2 is 2.05 bits per heavy atom. The zero-order valence-corrected chi connectivity index (χ0v) is 13.4. The molecule has 22 heavy (non-hydrogen) atoms. The summed E-state index contributed by atoms with van der Waals surface area (Å²) < 4.78 is 0. The van der Waals surface area contributed by atoms with E-state index in [2.05, 4.69) is 20.2 Å². The fraction of sp³-hybridized carbons (Fsp3) is 0.375. The largest absolute Gasteiger partial charge is 0.508 e. The van der Waals surface area contributed by atoms with Gasteiger partial charge in [-0.15, -0.1) is 0 Å².